The highest BCUT2D eigenvalue weighted by Crippen LogP contribution is 2.38. The van der Waals surface area contributed by atoms with Crippen LogP contribution in [0.5, 0.6) is 17.2 Å². The average molecular weight is 499 g/mol. The molecule has 0 aliphatic rings. The zero-order valence-corrected chi connectivity index (χ0v) is 21.7. The zero-order chi connectivity index (χ0) is 27.3. The third-order valence-electron chi connectivity index (χ3n) is 5.46. The molecule has 6 heteroatoms. The number of aryl methyl sites for hydroxylation is 1. The van der Waals surface area contributed by atoms with Gasteiger partial charge in [-0.1, -0.05) is 51.3 Å². The summed E-state index contributed by atoms with van der Waals surface area (Å²) in [5.74, 6) is -0.388. The van der Waals surface area contributed by atoms with Gasteiger partial charge in [0.25, 0.3) is 0 Å². The molecule has 0 fully saturated rings. The van der Waals surface area contributed by atoms with Gasteiger partial charge in [0.15, 0.2) is 0 Å². The largest absolute Gasteiger partial charge is 0.426 e. The molecule has 0 bridgehead atoms. The van der Waals surface area contributed by atoms with Crippen molar-refractivity contribution in [2.75, 3.05) is 0 Å². The van der Waals surface area contributed by atoms with Crippen molar-refractivity contribution in [3.63, 3.8) is 0 Å². The highest BCUT2D eigenvalue weighted by Gasteiger charge is 2.17. The van der Waals surface area contributed by atoms with E-state index >= 15 is 0 Å². The van der Waals surface area contributed by atoms with Crippen LogP contribution < -0.4 is 14.2 Å². The summed E-state index contributed by atoms with van der Waals surface area (Å²) < 4.78 is 16.3. The molecule has 0 amide bonds. The second-order valence-corrected chi connectivity index (χ2v) is 9.13. The molecule has 0 N–H and O–H groups in total. The highest BCUT2D eigenvalue weighted by atomic mass is 16.5. The van der Waals surface area contributed by atoms with Crippen molar-refractivity contribution in [3.05, 3.63) is 90.5 Å². The van der Waals surface area contributed by atoms with Gasteiger partial charge in [-0.3, -0.25) is 4.79 Å². The molecule has 3 aromatic rings. The van der Waals surface area contributed by atoms with Crippen LogP contribution >= 0.6 is 0 Å². The van der Waals surface area contributed by atoms with E-state index in [0.29, 0.717) is 28.4 Å². The first-order valence-electron chi connectivity index (χ1n) is 11.8. The number of hydrogen-bond acceptors (Lipinski definition) is 6. The SMILES string of the molecule is C=C(C)C(=O)Oc1ccc(-c2cc(C)c(-c3ccc(OC(=O)C(C)C)cc3)cc2OC(=O)C(=C)C)cc1. The molecule has 3 rings (SSSR count). The number of carbonyl (C=O) groups excluding carboxylic acids is 3. The topological polar surface area (TPSA) is 78.9 Å². The fraction of sp³-hybridized carbons (Fsp3) is 0.194. The number of hydrogen-bond donors (Lipinski definition) is 0. The maximum absolute atomic E-state index is 12.4. The van der Waals surface area contributed by atoms with E-state index in [2.05, 4.69) is 13.2 Å². The van der Waals surface area contributed by atoms with Crippen LogP contribution in [0.3, 0.4) is 0 Å². The van der Waals surface area contributed by atoms with Gasteiger partial charge in [0.05, 0.1) is 5.92 Å². The van der Waals surface area contributed by atoms with E-state index in [1.54, 1.807) is 70.2 Å². The van der Waals surface area contributed by atoms with Gasteiger partial charge in [-0.15, -0.1) is 0 Å². The molecule has 3 aromatic carbocycles. The van der Waals surface area contributed by atoms with E-state index in [1.165, 1.54) is 0 Å². The Morgan fingerprint density at radius 1 is 0.676 bits per heavy atom. The Balaban J connectivity index is 2.00. The van der Waals surface area contributed by atoms with Gasteiger partial charge in [0.2, 0.25) is 0 Å². The van der Waals surface area contributed by atoms with Gasteiger partial charge >= 0.3 is 17.9 Å². The van der Waals surface area contributed by atoms with Gasteiger partial charge in [0, 0.05) is 16.7 Å². The maximum Gasteiger partial charge on any atom is 0.338 e. The molecule has 0 atom stereocenters. The minimum Gasteiger partial charge on any atom is -0.426 e. The summed E-state index contributed by atoms with van der Waals surface area (Å²) in [6, 6.07) is 17.8. The molecule has 0 aliphatic carbocycles. The lowest BCUT2D eigenvalue weighted by atomic mass is 9.94. The molecule has 190 valence electrons. The van der Waals surface area contributed by atoms with Crippen LogP contribution in [0.25, 0.3) is 22.3 Å². The van der Waals surface area contributed by atoms with E-state index < -0.39 is 11.9 Å². The van der Waals surface area contributed by atoms with Crippen LogP contribution in [0, 0.1) is 12.8 Å². The first kappa shape index (κ1) is 27.1. The summed E-state index contributed by atoms with van der Waals surface area (Å²) in [5.41, 5.74) is 4.68. The molecule has 0 spiro atoms. The van der Waals surface area contributed by atoms with E-state index in [9.17, 15) is 14.4 Å². The molecule has 6 nitrogen and oxygen atoms in total. The van der Waals surface area contributed by atoms with Crippen molar-refractivity contribution in [2.45, 2.75) is 34.6 Å². The molecule has 0 unspecified atom stereocenters. The predicted molar refractivity (Wildman–Crippen MR) is 143 cm³/mol. The van der Waals surface area contributed by atoms with Crippen LogP contribution in [0.15, 0.2) is 85.0 Å². The molecular formula is C31H30O6. The van der Waals surface area contributed by atoms with Crippen molar-refractivity contribution in [2.24, 2.45) is 5.92 Å². The Hall–Kier alpha value is -4.45. The standard InChI is InChI=1S/C31H30O6/c1-18(2)29(32)35-24-12-8-22(9-13-24)26-17-28(37-31(34)20(5)6)27(16-21(26)7)23-10-14-25(15-11-23)36-30(33)19(3)4/h8-18H,3,5H2,1-2,4,6-7H3. The average Bonchev–Trinajstić information content (AvgIpc) is 2.85. The molecule has 0 radical (unpaired) electrons. The minimum atomic E-state index is -0.543. The number of carbonyl (C=O) groups is 3. The van der Waals surface area contributed by atoms with Gasteiger partial charge in [-0.05, 0) is 79.4 Å². The predicted octanol–water partition coefficient (Wildman–Crippen LogP) is 6.85. The van der Waals surface area contributed by atoms with E-state index in [0.717, 1.165) is 22.3 Å². The summed E-state index contributed by atoms with van der Waals surface area (Å²) in [7, 11) is 0. The van der Waals surface area contributed by atoms with Gasteiger partial charge < -0.3 is 14.2 Å². The lowest BCUT2D eigenvalue weighted by molar-refractivity contribution is -0.137. The number of ether oxygens (including phenoxy) is 3. The normalized spacial score (nSPS) is 10.5. The monoisotopic (exact) mass is 498 g/mol. The molecular weight excluding hydrogens is 468 g/mol. The summed E-state index contributed by atoms with van der Waals surface area (Å²) in [5, 5.41) is 0. The lowest BCUT2D eigenvalue weighted by Gasteiger charge is -2.16. The Morgan fingerprint density at radius 3 is 1.62 bits per heavy atom. The van der Waals surface area contributed by atoms with E-state index in [1.807, 2.05) is 25.1 Å². The first-order chi connectivity index (χ1) is 17.5. The quantitative estimate of drug-likeness (QED) is 0.192. The molecule has 0 saturated carbocycles. The first-order valence-corrected chi connectivity index (χ1v) is 11.8. The van der Waals surface area contributed by atoms with Gasteiger partial charge in [-0.25, -0.2) is 9.59 Å². The van der Waals surface area contributed by atoms with Crippen LogP contribution in [0.1, 0.15) is 33.3 Å². The molecule has 0 heterocycles. The number of esters is 3. The summed E-state index contributed by atoms with van der Waals surface area (Å²) in [6.45, 7) is 15.9. The molecule has 0 saturated heterocycles. The Bertz CT molecular complexity index is 1360. The Morgan fingerprint density at radius 2 is 1.14 bits per heavy atom. The van der Waals surface area contributed by atoms with Crippen molar-refractivity contribution in [3.8, 4) is 39.5 Å². The van der Waals surface area contributed by atoms with Crippen LogP contribution in [-0.2, 0) is 14.4 Å². The third-order valence-corrected chi connectivity index (χ3v) is 5.46. The second kappa shape index (κ2) is 11.5. The Labute approximate surface area is 217 Å². The number of rotatable bonds is 8. The van der Waals surface area contributed by atoms with Crippen molar-refractivity contribution < 1.29 is 28.6 Å². The maximum atomic E-state index is 12.4. The fourth-order valence-corrected chi connectivity index (χ4v) is 3.33. The highest BCUT2D eigenvalue weighted by molar-refractivity contribution is 5.91. The van der Waals surface area contributed by atoms with Gasteiger partial charge in [0.1, 0.15) is 17.2 Å². The minimum absolute atomic E-state index is 0.229. The van der Waals surface area contributed by atoms with E-state index in [4.69, 9.17) is 14.2 Å². The molecule has 0 aromatic heterocycles. The summed E-state index contributed by atoms with van der Waals surface area (Å²) in [6.07, 6.45) is 0. The number of benzene rings is 3. The van der Waals surface area contributed by atoms with Crippen LogP contribution in [0.2, 0.25) is 0 Å². The molecule has 37 heavy (non-hydrogen) atoms. The van der Waals surface area contributed by atoms with Crippen molar-refractivity contribution in [1.29, 1.82) is 0 Å². The fourth-order valence-electron chi connectivity index (χ4n) is 3.33. The van der Waals surface area contributed by atoms with Gasteiger partial charge in [-0.2, -0.15) is 0 Å². The van der Waals surface area contributed by atoms with E-state index in [-0.39, 0.29) is 17.5 Å². The third kappa shape index (κ3) is 6.82. The summed E-state index contributed by atoms with van der Waals surface area (Å²) in [4.78, 5) is 36.1. The second-order valence-electron chi connectivity index (χ2n) is 9.13. The van der Waals surface area contributed by atoms with Crippen molar-refractivity contribution in [1.82, 2.24) is 0 Å². The van der Waals surface area contributed by atoms with Crippen LogP contribution in [0.4, 0.5) is 0 Å². The smallest absolute Gasteiger partial charge is 0.338 e. The van der Waals surface area contributed by atoms with Crippen LogP contribution in [-0.4, -0.2) is 17.9 Å². The van der Waals surface area contributed by atoms with Crippen molar-refractivity contribution >= 4 is 17.9 Å². The zero-order valence-electron chi connectivity index (χ0n) is 21.7. The summed E-state index contributed by atoms with van der Waals surface area (Å²) >= 11 is 0. The Kier molecular flexibility index (Phi) is 8.45. The lowest BCUT2D eigenvalue weighted by Crippen LogP contribution is -2.14. The molecule has 0 aliphatic heterocycles.